The standard InChI is InChI=1S/C12H13BrN2OS/c1-8-15-6-11(17-8)7-16-10-2-3-12(13)9(4-10)5-14/h2-4,6H,5,7,14H2,1H3. The highest BCUT2D eigenvalue weighted by Crippen LogP contribution is 2.23. The average Bonchev–Trinajstić information content (AvgIpc) is 2.74. The maximum Gasteiger partial charge on any atom is 0.124 e. The van der Waals surface area contributed by atoms with Crippen molar-refractivity contribution in [3.8, 4) is 5.75 Å². The number of halogens is 1. The fourth-order valence-corrected chi connectivity index (χ4v) is 2.54. The van der Waals surface area contributed by atoms with Crippen LogP contribution in [0.1, 0.15) is 15.4 Å². The predicted octanol–water partition coefficient (Wildman–Crippen LogP) is 3.25. The SMILES string of the molecule is Cc1ncc(COc2ccc(Br)c(CN)c2)s1. The minimum atomic E-state index is 0.497. The Morgan fingerprint density at radius 3 is 2.94 bits per heavy atom. The molecule has 3 nitrogen and oxygen atoms in total. The fourth-order valence-electron chi connectivity index (χ4n) is 1.42. The van der Waals surface area contributed by atoms with Crippen LogP contribution in [0.15, 0.2) is 28.9 Å². The van der Waals surface area contributed by atoms with Gasteiger partial charge in [0.05, 0.1) is 9.88 Å². The molecule has 5 heteroatoms. The van der Waals surface area contributed by atoms with E-state index in [1.165, 1.54) is 0 Å². The van der Waals surface area contributed by atoms with Gasteiger partial charge in [0, 0.05) is 17.2 Å². The third-order valence-electron chi connectivity index (χ3n) is 2.29. The molecular weight excluding hydrogens is 300 g/mol. The minimum Gasteiger partial charge on any atom is -0.488 e. The normalized spacial score (nSPS) is 10.5. The van der Waals surface area contributed by atoms with Crippen LogP contribution in [0.25, 0.3) is 0 Å². The zero-order valence-electron chi connectivity index (χ0n) is 9.44. The van der Waals surface area contributed by atoms with E-state index < -0.39 is 0 Å². The van der Waals surface area contributed by atoms with Gasteiger partial charge in [0.2, 0.25) is 0 Å². The van der Waals surface area contributed by atoms with E-state index in [-0.39, 0.29) is 0 Å². The molecule has 0 aliphatic carbocycles. The molecule has 0 spiro atoms. The first-order valence-corrected chi connectivity index (χ1v) is 6.82. The van der Waals surface area contributed by atoms with Crippen molar-refractivity contribution < 1.29 is 4.74 Å². The van der Waals surface area contributed by atoms with Gasteiger partial charge in [-0.05, 0) is 30.7 Å². The minimum absolute atomic E-state index is 0.497. The summed E-state index contributed by atoms with van der Waals surface area (Å²) in [5.74, 6) is 0.833. The molecule has 0 saturated carbocycles. The summed E-state index contributed by atoms with van der Waals surface area (Å²) in [6.45, 7) is 3.04. The Morgan fingerprint density at radius 1 is 1.47 bits per heavy atom. The number of nitrogens with zero attached hydrogens (tertiary/aromatic N) is 1. The summed E-state index contributed by atoms with van der Waals surface area (Å²) in [6, 6.07) is 5.84. The molecule has 0 aliphatic heterocycles. The maximum atomic E-state index is 5.70. The Kier molecular flexibility index (Phi) is 4.15. The van der Waals surface area contributed by atoms with Crippen molar-refractivity contribution in [2.45, 2.75) is 20.1 Å². The maximum absolute atomic E-state index is 5.70. The van der Waals surface area contributed by atoms with Crippen LogP contribution in [-0.2, 0) is 13.2 Å². The molecule has 0 amide bonds. The molecular formula is C12H13BrN2OS. The molecule has 1 aromatic carbocycles. The lowest BCUT2D eigenvalue weighted by Gasteiger charge is -2.07. The van der Waals surface area contributed by atoms with E-state index in [9.17, 15) is 0 Å². The molecule has 1 heterocycles. The van der Waals surface area contributed by atoms with Crippen LogP contribution in [-0.4, -0.2) is 4.98 Å². The fraction of sp³-hybridized carbons (Fsp3) is 0.250. The molecule has 0 aliphatic rings. The van der Waals surface area contributed by atoms with Crippen LogP contribution < -0.4 is 10.5 Å². The predicted molar refractivity (Wildman–Crippen MR) is 73.2 cm³/mol. The van der Waals surface area contributed by atoms with Crippen molar-refractivity contribution >= 4 is 27.3 Å². The quantitative estimate of drug-likeness (QED) is 0.942. The Labute approximate surface area is 113 Å². The molecule has 0 bridgehead atoms. The largest absolute Gasteiger partial charge is 0.488 e. The summed E-state index contributed by atoms with van der Waals surface area (Å²) in [5, 5.41) is 1.06. The highest BCUT2D eigenvalue weighted by atomic mass is 79.9. The smallest absolute Gasteiger partial charge is 0.124 e. The first kappa shape index (κ1) is 12.5. The van der Waals surface area contributed by atoms with E-state index in [0.29, 0.717) is 13.2 Å². The third-order valence-corrected chi connectivity index (χ3v) is 3.95. The molecule has 2 N–H and O–H groups in total. The van der Waals surface area contributed by atoms with Crippen molar-refractivity contribution in [3.05, 3.63) is 44.3 Å². The molecule has 0 atom stereocenters. The lowest BCUT2D eigenvalue weighted by atomic mass is 10.2. The van der Waals surface area contributed by atoms with E-state index in [1.807, 2.05) is 31.3 Å². The summed E-state index contributed by atoms with van der Waals surface area (Å²) in [6.07, 6.45) is 1.85. The number of ether oxygens (including phenoxy) is 1. The molecule has 0 fully saturated rings. The van der Waals surface area contributed by atoms with Crippen LogP contribution in [0, 0.1) is 6.92 Å². The lowest BCUT2D eigenvalue weighted by molar-refractivity contribution is 0.309. The van der Waals surface area contributed by atoms with Gasteiger partial charge in [0.1, 0.15) is 12.4 Å². The molecule has 0 unspecified atom stereocenters. The van der Waals surface area contributed by atoms with E-state index in [0.717, 1.165) is 25.7 Å². The van der Waals surface area contributed by atoms with Crippen LogP contribution in [0.2, 0.25) is 0 Å². The van der Waals surface area contributed by atoms with Crippen molar-refractivity contribution in [2.75, 3.05) is 0 Å². The molecule has 1 aromatic heterocycles. The molecule has 2 aromatic rings. The number of benzene rings is 1. The monoisotopic (exact) mass is 312 g/mol. The van der Waals surface area contributed by atoms with E-state index in [1.54, 1.807) is 11.3 Å². The van der Waals surface area contributed by atoms with E-state index in [4.69, 9.17) is 10.5 Å². The van der Waals surface area contributed by atoms with E-state index in [2.05, 4.69) is 20.9 Å². The van der Waals surface area contributed by atoms with E-state index >= 15 is 0 Å². The van der Waals surface area contributed by atoms with Crippen molar-refractivity contribution in [1.29, 1.82) is 0 Å². The first-order chi connectivity index (χ1) is 8.19. The zero-order valence-corrected chi connectivity index (χ0v) is 11.8. The van der Waals surface area contributed by atoms with Gasteiger partial charge in [-0.2, -0.15) is 0 Å². The summed E-state index contributed by atoms with van der Waals surface area (Å²) in [5.41, 5.74) is 6.68. The van der Waals surface area contributed by atoms with Crippen LogP contribution >= 0.6 is 27.3 Å². The number of aryl methyl sites for hydroxylation is 1. The Hall–Kier alpha value is -0.910. The topological polar surface area (TPSA) is 48.1 Å². The van der Waals surface area contributed by atoms with Crippen molar-refractivity contribution in [2.24, 2.45) is 5.73 Å². The highest BCUT2D eigenvalue weighted by molar-refractivity contribution is 9.10. The summed E-state index contributed by atoms with van der Waals surface area (Å²) in [7, 11) is 0. The summed E-state index contributed by atoms with van der Waals surface area (Å²) < 4.78 is 6.71. The number of thiazole rings is 1. The second kappa shape index (κ2) is 5.62. The highest BCUT2D eigenvalue weighted by Gasteiger charge is 2.03. The number of nitrogens with two attached hydrogens (primary N) is 1. The third kappa shape index (κ3) is 3.28. The Morgan fingerprint density at radius 2 is 2.29 bits per heavy atom. The first-order valence-electron chi connectivity index (χ1n) is 5.21. The molecule has 90 valence electrons. The summed E-state index contributed by atoms with van der Waals surface area (Å²) >= 11 is 5.10. The zero-order chi connectivity index (χ0) is 12.3. The number of aromatic nitrogens is 1. The second-order valence-electron chi connectivity index (χ2n) is 3.59. The van der Waals surface area contributed by atoms with Gasteiger partial charge in [-0.25, -0.2) is 4.98 Å². The average molecular weight is 313 g/mol. The Balaban J connectivity index is 2.04. The van der Waals surface area contributed by atoms with Gasteiger partial charge in [0.25, 0.3) is 0 Å². The van der Waals surface area contributed by atoms with Gasteiger partial charge >= 0.3 is 0 Å². The Bertz CT molecular complexity index is 513. The van der Waals surface area contributed by atoms with Crippen LogP contribution in [0.4, 0.5) is 0 Å². The number of rotatable bonds is 4. The van der Waals surface area contributed by atoms with Crippen molar-refractivity contribution in [1.82, 2.24) is 4.98 Å². The van der Waals surface area contributed by atoms with Gasteiger partial charge in [0.15, 0.2) is 0 Å². The number of hydrogen-bond donors (Lipinski definition) is 1. The molecule has 17 heavy (non-hydrogen) atoms. The second-order valence-corrected chi connectivity index (χ2v) is 5.77. The number of hydrogen-bond acceptors (Lipinski definition) is 4. The molecule has 0 saturated heterocycles. The van der Waals surface area contributed by atoms with Crippen molar-refractivity contribution in [3.63, 3.8) is 0 Å². The lowest BCUT2D eigenvalue weighted by Crippen LogP contribution is -1.99. The molecule has 0 radical (unpaired) electrons. The van der Waals surface area contributed by atoms with Gasteiger partial charge in [-0.1, -0.05) is 15.9 Å². The van der Waals surface area contributed by atoms with Gasteiger partial charge in [-0.15, -0.1) is 11.3 Å². The molecule has 2 rings (SSSR count). The van der Waals surface area contributed by atoms with Crippen LogP contribution in [0.5, 0.6) is 5.75 Å². The van der Waals surface area contributed by atoms with Gasteiger partial charge in [-0.3, -0.25) is 0 Å². The van der Waals surface area contributed by atoms with Gasteiger partial charge < -0.3 is 10.5 Å². The van der Waals surface area contributed by atoms with Crippen LogP contribution in [0.3, 0.4) is 0 Å². The summed E-state index contributed by atoms with van der Waals surface area (Å²) in [4.78, 5) is 5.31.